The molecule has 0 aliphatic carbocycles. The van der Waals surface area contributed by atoms with Crippen molar-refractivity contribution in [1.82, 2.24) is 15.0 Å². The van der Waals surface area contributed by atoms with Crippen molar-refractivity contribution in [3.8, 4) is 5.75 Å². The van der Waals surface area contributed by atoms with Crippen LogP contribution in [0.1, 0.15) is 25.8 Å². The summed E-state index contributed by atoms with van der Waals surface area (Å²) < 4.78 is 6.09. The number of aromatic nitrogens is 3. The van der Waals surface area contributed by atoms with Crippen LogP contribution in [0.3, 0.4) is 0 Å². The van der Waals surface area contributed by atoms with E-state index in [4.69, 9.17) is 10.5 Å². The summed E-state index contributed by atoms with van der Waals surface area (Å²) in [7, 11) is 1.66. The molecule has 1 atom stereocenters. The monoisotopic (exact) mass is 419 g/mol. The quantitative estimate of drug-likeness (QED) is 0.355. The van der Waals surface area contributed by atoms with Crippen LogP contribution in [-0.4, -0.2) is 39.8 Å². The Morgan fingerprint density at radius 3 is 2.82 bits per heavy atom. The van der Waals surface area contributed by atoms with Gasteiger partial charge in [-0.2, -0.15) is 0 Å². The largest absolute Gasteiger partial charge is 0.497 e. The molecule has 0 bridgehead atoms. The van der Waals surface area contributed by atoms with Crippen molar-refractivity contribution >= 4 is 44.4 Å². The third-order valence-electron chi connectivity index (χ3n) is 4.07. The molecule has 3 aromatic rings. The molecule has 0 saturated carbocycles. The molecule has 7 nitrogen and oxygen atoms in total. The molecule has 28 heavy (non-hydrogen) atoms. The number of thiazole rings is 1. The van der Waals surface area contributed by atoms with Crippen LogP contribution in [0.4, 0.5) is 10.9 Å². The summed E-state index contributed by atoms with van der Waals surface area (Å²) in [5.74, 6) is 2.66. The van der Waals surface area contributed by atoms with Gasteiger partial charge in [0.1, 0.15) is 10.4 Å². The molecule has 0 aliphatic rings. The van der Waals surface area contributed by atoms with Crippen molar-refractivity contribution in [3.05, 3.63) is 29.8 Å². The standard InChI is InChI=1S/C19H25N5O2S2/c1-11(2)7-13(9-25)21-16-15-17(22-18(20)28-15)24-19(23-16)27-10-12-5-4-6-14(8-12)26-3/h4-6,8,11,13,25H,7,9-10H2,1-3H3,(H3,20,21,22,23,24)/t13-/m1/s1. The van der Waals surface area contributed by atoms with Crippen molar-refractivity contribution in [2.75, 3.05) is 24.8 Å². The highest BCUT2D eigenvalue weighted by atomic mass is 32.2. The first-order chi connectivity index (χ1) is 13.5. The molecule has 2 heterocycles. The molecule has 0 spiro atoms. The number of fused-ring (bicyclic) bond motifs is 1. The number of methoxy groups -OCH3 is 1. The highest BCUT2D eigenvalue weighted by molar-refractivity contribution is 7.98. The van der Waals surface area contributed by atoms with E-state index < -0.39 is 0 Å². The Labute approximate surface area is 172 Å². The second-order valence-electron chi connectivity index (χ2n) is 6.85. The molecule has 0 fully saturated rings. The lowest BCUT2D eigenvalue weighted by Crippen LogP contribution is -2.26. The second kappa shape index (κ2) is 9.40. The molecule has 9 heteroatoms. The van der Waals surface area contributed by atoms with Crippen LogP contribution >= 0.6 is 23.1 Å². The van der Waals surface area contributed by atoms with Gasteiger partial charge in [0.05, 0.1) is 19.8 Å². The number of aliphatic hydroxyl groups is 1. The summed E-state index contributed by atoms with van der Waals surface area (Å²) in [6.07, 6.45) is 0.836. The SMILES string of the molecule is COc1cccc(CSc2nc(N[C@@H](CO)CC(C)C)c3sc(N)nc3n2)c1. The van der Waals surface area contributed by atoms with E-state index in [1.807, 2.05) is 24.3 Å². The van der Waals surface area contributed by atoms with Crippen molar-refractivity contribution < 1.29 is 9.84 Å². The van der Waals surface area contributed by atoms with Gasteiger partial charge in [0.25, 0.3) is 0 Å². The zero-order chi connectivity index (χ0) is 20.1. The summed E-state index contributed by atoms with van der Waals surface area (Å²) >= 11 is 2.87. The summed E-state index contributed by atoms with van der Waals surface area (Å²) in [6, 6.07) is 7.83. The van der Waals surface area contributed by atoms with E-state index in [2.05, 4.69) is 34.1 Å². The molecular weight excluding hydrogens is 394 g/mol. The van der Waals surface area contributed by atoms with Gasteiger partial charge in [-0.15, -0.1) is 0 Å². The maximum absolute atomic E-state index is 9.72. The van der Waals surface area contributed by atoms with E-state index in [9.17, 15) is 5.11 Å². The number of rotatable bonds is 9. The highest BCUT2D eigenvalue weighted by Crippen LogP contribution is 2.32. The summed E-state index contributed by atoms with van der Waals surface area (Å²) in [5, 5.41) is 14.1. The lowest BCUT2D eigenvalue weighted by molar-refractivity contribution is 0.259. The third kappa shape index (κ3) is 5.24. The number of nitrogens with zero attached hydrogens (tertiary/aromatic N) is 3. The predicted molar refractivity (Wildman–Crippen MR) is 116 cm³/mol. The van der Waals surface area contributed by atoms with Crippen molar-refractivity contribution in [2.45, 2.75) is 37.2 Å². The van der Waals surface area contributed by atoms with Gasteiger partial charge in [0.2, 0.25) is 0 Å². The van der Waals surface area contributed by atoms with Crippen LogP contribution in [0.15, 0.2) is 29.4 Å². The number of ether oxygens (including phenoxy) is 1. The van der Waals surface area contributed by atoms with E-state index in [0.717, 1.165) is 22.4 Å². The summed E-state index contributed by atoms with van der Waals surface area (Å²) in [4.78, 5) is 13.5. The molecule has 150 valence electrons. The van der Waals surface area contributed by atoms with Crippen LogP contribution in [0, 0.1) is 5.92 Å². The molecule has 4 N–H and O–H groups in total. The van der Waals surface area contributed by atoms with E-state index >= 15 is 0 Å². The highest BCUT2D eigenvalue weighted by Gasteiger charge is 2.17. The predicted octanol–water partition coefficient (Wildman–Crippen LogP) is 3.79. The molecule has 0 unspecified atom stereocenters. The number of nitrogen functional groups attached to an aromatic ring is 1. The number of anilines is 2. The average Bonchev–Trinajstić information content (AvgIpc) is 3.06. The average molecular weight is 420 g/mol. The van der Waals surface area contributed by atoms with Crippen molar-refractivity contribution in [1.29, 1.82) is 0 Å². The van der Waals surface area contributed by atoms with Gasteiger partial charge in [-0.25, -0.2) is 15.0 Å². The Bertz CT molecular complexity index is 932. The van der Waals surface area contributed by atoms with Crippen LogP contribution in [-0.2, 0) is 5.75 Å². The van der Waals surface area contributed by atoms with Crippen molar-refractivity contribution in [2.24, 2.45) is 5.92 Å². The molecular formula is C19H25N5O2S2. The zero-order valence-electron chi connectivity index (χ0n) is 16.2. The van der Waals surface area contributed by atoms with Gasteiger partial charge in [-0.3, -0.25) is 0 Å². The van der Waals surface area contributed by atoms with E-state index in [1.54, 1.807) is 7.11 Å². The van der Waals surface area contributed by atoms with Gasteiger partial charge in [0.15, 0.2) is 21.8 Å². The Balaban J connectivity index is 1.84. The van der Waals surface area contributed by atoms with Gasteiger partial charge >= 0.3 is 0 Å². The van der Waals surface area contributed by atoms with Crippen LogP contribution in [0.2, 0.25) is 0 Å². The molecule has 2 aromatic heterocycles. The summed E-state index contributed by atoms with van der Waals surface area (Å²) in [5.41, 5.74) is 7.59. The topological polar surface area (TPSA) is 106 Å². The lowest BCUT2D eigenvalue weighted by atomic mass is 10.0. The number of nitrogens with two attached hydrogens (primary N) is 1. The maximum Gasteiger partial charge on any atom is 0.191 e. The van der Waals surface area contributed by atoms with E-state index in [-0.39, 0.29) is 12.6 Å². The fourth-order valence-electron chi connectivity index (χ4n) is 2.83. The number of nitrogens with one attached hydrogen (secondary N) is 1. The molecule has 1 aromatic carbocycles. The van der Waals surface area contributed by atoms with Crippen LogP contribution < -0.4 is 15.8 Å². The van der Waals surface area contributed by atoms with E-state index in [1.165, 1.54) is 23.1 Å². The fourth-order valence-corrected chi connectivity index (χ4v) is 4.34. The minimum absolute atomic E-state index is 0.0320. The Morgan fingerprint density at radius 2 is 2.11 bits per heavy atom. The van der Waals surface area contributed by atoms with Gasteiger partial charge in [-0.05, 0) is 30.0 Å². The van der Waals surface area contributed by atoms with Crippen LogP contribution in [0.5, 0.6) is 5.75 Å². The number of aliphatic hydroxyl groups excluding tert-OH is 1. The van der Waals surface area contributed by atoms with Crippen molar-refractivity contribution in [3.63, 3.8) is 0 Å². The molecule has 0 amide bonds. The Hall–Kier alpha value is -2.10. The number of hydrogen-bond donors (Lipinski definition) is 3. The smallest absolute Gasteiger partial charge is 0.191 e. The molecule has 0 aliphatic heterocycles. The minimum atomic E-state index is -0.0855. The maximum atomic E-state index is 9.72. The second-order valence-corrected chi connectivity index (χ2v) is 8.83. The molecule has 0 radical (unpaired) electrons. The first kappa shape index (κ1) is 20.6. The van der Waals surface area contributed by atoms with Crippen LogP contribution in [0.25, 0.3) is 10.3 Å². The normalized spacial score (nSPS) is 12.5. The number of benzene rings is 1. The lowest BCUT2D eigenvalue weighted by Gasteiger charge is -2.19. The summed E-state index contributed by atoms with van der Waals surface area (Å²) in [6.45, 7) is 4.28. The minimum Gasteiger partial charge on any atom is -0.497 e. The van der Waals surface area contributed by atoms with Gasteiger partial charge in [-0.1, -0.05) is 49.1 Å². The Kier molecular flexibility index (Phi) is 6.93. The van der Waals surface area contributed by atoms with E-state index in [0.29, 0.717) is 33.4 Å². The Morgan fingerprint density at radius 1 is 1.29 bits per heavy atom. The molecule has 3 rings (SSSR count). The number of hydrogen-bond acceptors (Lipinski definition) is 9. The first-order valence-corrected chi connectivity index (χ1v) is 10.9. The number of thioether (sulfide) groups is 1. The zero-order valence-corrected chi connectivity index (χ0v) is 17.8. The molecule has 0 saturated heterocycles. The third-order valence-corrected chi connectivity index (χ3v) is 5.87. The first-order valence-electron chi connectivity index (χ1n) is 9.05. The fraction of sp³-hybridized carbons (Fsp3) is 0.421. The van der Waals surface area contributed by atoms with Gasteiger partial charge in [0, 0.05) is 5.75 Å². The van der Waals surface area contributed by atoms with Gasteiger partial charge < -0.3 is 20.9 Å².